The molecule has 0 aliphatic heterocycles. The molecule has 0 heterocycles. The molecule has 0 aromatic heterocycles. The van der Waals surface area contributed by atoms with Crippen LogP contribution in [0.25, 0.3) is 11.1 Å². The van der Waals surface area contributed by atoms with Gasteiger partial charge >= 0.3 is 0 Å². The molecule has 0 saturated heterocycles. The SMILES string of the molecule is Fc1cccc(-c2ccc(CNC3CC3)cc2F)c1. The Kier molecular flexibility index (Phi) is 3.30. The van der Waals surface area contributed by atoms with Crippen molar-refractivity contribution in [1.82, 2.24) is 5.32 Å². The fraction of sp³-hybridized carbons (Fsp3) is 0.250. The molecular formula is C16H15F2N. The fourth-order valence-electron chi connectivity index (χ4n) is 2.11. The van der Waals surface area contributed by atoms with Gasteiger partial charge in [-0.25, -0.2) is 8.78 Å². The van der Waals surface area contributed by atoms with Crippen molar-refractivity contribution in [2.75, 3.05) is 0 Å². The highest BCUT2D eigenvalue weighted by Gasteiger charge is 2.20. The Bertz CT molecular complexity index is 591. The lowest BCUT2D eigenvalue weighted by molar-refractivity contribution is 0.620. The molecule has 3 heteroatoms. The van der Waals surface area contributed by atoms with E-state index in [0.717, 1.165) is 5.56 Å². The van der Waals surface area contributed by atoms with Crippen LogP contribution in [0.2, 0.25) is 0 Å². The minimum atomic E-state index is -0.351. The number of halogens is 2. The summed E-state index contributed by atoms with van der Waals surface area (Å²) < 4.78 is 27.2. The van der Waals surface area contributed by atoms with Gasteiger partial charge in [0.15, 0.2) is 0 Å². The van der Waals surface area contributed by atoms with Crippen molar-refractivity contribution in [2.24, 2.45) is 0 Å². The molecule has 0 atom stereocenters. The summed E-state index contributed by atoms with van der Waals surface area (Å²) in [4.78, 5) is 0. The summed E-state index contributed by atoms with van der Waals surface area (Å²) in [5.41, 5.74) is 1.93. The first-order valence-electron chi connectivity index (χ1n) is 6.50. The molecule has 1 aliphatic rings. The van der Waals surface area contributed by atoms with E-state index in [1.807, 2.05) is 6.07 Å². The van der Waals surface area contributed by atoms with Crippen LogP contribution in [0.4, 0.5) is 8.78 Å². The molecule has 0 bridgehead atoms. The van der Waals surface area contributed by atoms with Crippen molar-refractivity contribution < 1.29 is 8.78 Å². The van der Waals surface area contributed by atoms with Gasteiger partial charge in [-0.3, -0.25) is 0 Å². The third-order valence-electron chi connectivity index (χ3n) is 3.34. The van der Waals surface area contributed by atoms with Crippen molar-refractivity contribution in [3.63, 3.8) is 0 Å². The van der Waals surface area contributed by atoms with Gasteiger partial charge in [-0.15, -0.1) is 0 Å². The van der Waals surface area contributed by atoms with E-state index in [1.165, 1.54) is 31.0 Å². The Morgan fingerprint density at radius 3 is 2.58 bits per heavy atom. The quantitative estimate of drug-likeness (QED) is 0.878. The summed E-state index contributed by atoms with van der Waals surface area (Å²) in [5.74, 6) is -0.655. The van der Waals surface area contributed by atoms with E-state index < -0.39 is 0 Å². The Morgan fingerprint density at radius 1 is 1.05 bits per heavy atom. The van der Waals surface area contributed by atoms with Crippen molar-refractivity contribution in [1.29, 1.82) is 0 Å². The lowest BCUT2D eigenvalue weighted by Gasteiger charge is -2.07. The van der Waals surface area contributed by atoms with E-state index >= 15 is 0 Å². The molecule has 1 N–H and O–H groups in total. The van der Waals surface area contributed by atoms with Crippen LogP contribution in [0.1, 0.15) is 18.4 Å². The van der Waals surface area contributed by atoms with Crippen molar-refractivity contribution >= 4 is 0 Å². The lowest BCUT2D eigenvalue weighted by Crippen LogP contribution is -2.15. The van der Waals surface area contributed by atoms with Crippen LogP contribution >= 0.6 is 0 Å². The van der Waals surface area contributed by atoms with E-state index in [4.69, 9.17) is 0 Å². The van der Waals surface area contributed by atoms with Gasteiger partial charge in [-0.05, 0) is 42.2 Å². The maximum absolute atomic E-state index is 14.1. The Balaban J connectivity index is 1.82. The fourth-order valence-corrected chi connectivity index (χ4v) is 2.11. The van der Waals surface area contributed by atoms with Crippen LogP contribution in [-0.4, -0.2) is 6.04 Å². The first kappa shape index (κ1) is 12.3. The zero-order valence-corrected chi connectivity index (χ0v) is 10.5. The predicted molar refractivity (Wildman–Crippen MR) is 71.7 cm³/mol. The molecule has 0 amide bonds. The molecule has 1 nitrogen and oxygen atoms in total. The topological polar surface area (TPSA) is 12.0 Å². The number of hydrogen-bond donors (Lipinski definition) is 1. The molecule has 2 aromatic rings. The van der Waals surface area contributed by atoms with Gasteiger partial charge in [-0.1, -0.05) is 24.3 Å². The molecule has 1 fully saturated rings. The van der Waals surface area contributed by atoms with E-state index in [9.17, 15) is 8.78 Å². The first-order chi connectivity index (χ1) is 9.22. The number of benzene rings is 2. The Morgan fingerprint density at radius 2 is 1.89 bits per heavy atom. The second-order valence-corrected chi connectivity index (χ2v) is 4.98. The maximum atomic E-state index is 14.1. The van der Waals surface area contributed by atoms with Gasteiger partial charge < -0.3 is 5.32 Å². The van der Waals surface area contributed by atoms with Crippen LogP contribution in [0, 0.1) is 11.6 Å². The third-order valence-corrected chi connectivity index (χ3v) is 3.34. The van der Waals surface area contributed by atoms with Gasteiger partial charge in [0.2, 0.25) is 0 Å². The lowest BCUT2D eigenvalue weighted by atomic mass is 10.0. The van der Waals surface area contributed by atoms with Crippen molar-refractivity contribution in [2.45, 2.75) is 25.4 Å². The summed E-state index contributed by atoms with van der Waals surface area (Å²) in [7, 11) is 0. The molecule has 0 radical (unpaired) electrons. The maximum Gasteiger partial charge on any atom is 0.131 e. The second-order valence-electron chi connectivity index (χ2n) is 4.98. The van der Waals surface area contributed by atoms with Crippen LogP contribution in [0.3, 0.4) is 0 Å². The molecule has 98 valence electrons. The predicted octanol–water partition coefficient (Wildman–Crippen LogP) is 3.88. The molecule has 0 spiro atoms. The number of rotatable bonds is 4. The molecule has 0 unspecified atom stereocenters. The first-order valence-corrected chi connectivity index (χ1v) is 6.50. The van der Waals surface area contributed by atoms with Crippen LogP contribution in [0.5, 0.6) is 0 Å². The monoisotopic (exact) mass is 259 g/mol. The number of hydrogen-bond acceptors (Lipinski definition) is 1. The largest absolute Gasteiger partial charge is 0.310 e. The summed E-state index contributed by atoms with van der Waals surface area (Å²) >= 11 is 0. The standard InChI is InChI=1S/C16H15F2N/c17-13-3-1-2-12(9-13)15-7-4-11(8-16(15)18)10-19-14-5-6-14/h1-4,7-9,14,19H,5-6,10H2. The zero-order valence-electron chi connectivity index (χ0n) is 10.5. The molecule has 1 saturated carbocycles. The molecule has 1 aliphatic carbocycles. The van der Waals surface area contributed by atoms with Crippen molar-refractivity contribution in [3.8, 4) is 11.1 Å². The highest BCUT2D eigenvalue weighted by Crippen LogP contribution is 2.25. The van der Waals surface area contributed by atoms with E-state index in [2.05, 4.69) is 5.32 Å². The average molecular weight is 259 g/mol. The summed E-state index contributed by atoms with van der Waals surface area (Å²) in [6, 6.07) is 11.7. The molecule has 3 rings (SSSR count). The summed E-state index contributed by atoms with van der Waals surface area (Å²) in [5, 5.41) is 3.34. The highest BCUT2D eigenvalue weighted by atomic mass is 19.1. The van der Waals surface area contributed by atoms with Crippen LogP contribution < -0.4 is 5.32 Å². The summed E-state index contributed by atoms with van der Waals surface area (Å²) in [6.07, 6.45) is 2.42. The number of nitrogens with one attached hydrogen (secondary N) is 1. The zero-order chi connectivity index (χ0) is 13.2. The Hall–Kier alpha value is -1.74. The minimum absolute atomic E-state index is 0.305. The van der Waals surface area contributed by atoms with Crippen LogP contribution in [-0.2, 0) is 6.54 Å². The normalized spacial score (nSPS) is 14.6. The van der Waals surface area contributed by atoms with Gasteiger partial charge in [-0.2, -0.15) is 0 Å². The van der Waals surface area contributed by atoms with Gasteiger partial charge in [0.25, 0.3) is 0 Å². The molecular weight excluding hydrogens is 244 g/mol. The van der Waals surface area contributed by atoms with Crippen LogP contribution in [0.15, 0.2) is 42.5 Å². The highest BCUT2D eigenvalue weighted by molar-refractivity contribution is 5.64. The third kappa shape index (κ3) is 2.99. The summed E-state index contributed by atoms with van der Waals surface area (Å²) in [6.45, 7) is 0.686. The van der Waals surface area contributed by atoms with Crippen molar-refractivity contribution in [3.05, 3.63) is 59.7 Å². The van der Waals surface area contributed by atoms with E-state index in [-0.39, 0.29) is 11.6 Å². The Labute approximate surface area is 111 Å². The van der Waals surface area contributed by atoms with Gasteiger partial charge in [0.1, 0.15) is 11.6 Å². The van der Waals surface area contributed by atoms with E-state index in [0.29, 0.717) is 23.7 Å². The van der Waals surface area contributed by atoms with E-state index in [1.54, 1.807) is 18.2 Å². The molecule has 2 aromatic carbocycles. The second kappa shape index (κ2) is 5.10. The van der Waals surface area contributed by atoms with Gasteiger partial charge in [0.05, 0.1) is 0 Å². The average Bonchev–Trinajstić information content (AvgIpc) is 3.20. The molecule has 19 heavy (non-hydrogen) atoms. The van der Waals surface area contributed by atoms with Gasteiger partial charge in [0, 0.05) is 18.2 Å². The minimum Gasteiger partial charge on any atom is -0.310 e. The smallest absolute Gasteiger partial charge is 0.131 e.